The van der Waals surface area contributed by atoms with Gasteiger partial charge in [-0.2, -0.15) is 9.94 Å². The molecule has 0 bridgehead atoms. The lowest BCUT2D eigenvalue weighted by Gasteiger charge is -2.26. The van der Waals surface area contributed by atoms with Gasteiger partial charge in [0, 0.05) is 27.9 Å². The molecule has 1 unspecified atom stereocenters. The maximum absolute atomic E-state index is 14.5. The summed E-state index contributed by atoms with van der Waals surface area (Å²) in [5.74, 6) is -1.71. The zero-order chi connectivity index (χ0) is 39.5. The van der Waals surface area contributed by atoms with Crippen molar-refractivity contribution in [1.29, 1.82) is 5.26 Å². The monoisotopic (exact) mass is 765 g/mol. The van der Waals surface area contributed by atoms with E-state index in [0.29, 0.717) is 33.1 Å². The Kier molecular flexibility index (Phi) is 10.4. The molecule has 3 heterocycles. The lowest BCUT2D eigenvalue weighted by atomic mass is 9.95. The number of aliphatic hydroxyl groups excluding tert-OH is 1. The number of nitrogens with one attached hydrogen (secondary N) is 2. The van der Waals surface area contributed by atoms with Crippen LogP contribution in [-0.4, -0.2) is 49.6 Å². The quantitative estimate of drug-likeness (QED) is 0.100. The standard InChI is InChI=1S/C42H32ClN7O6/c1-4-55-41(54)33-32(25-15-17-28(43)18-16-25)30(21-44)39(52)50(38(33)45-22-31-36(51)29-20-23(2)19-24(3)37(29)56-40(31)53)49-42-46-34(26-11-7-5-8-12-26)35(47-48-42)27-13-9-6-10-14-27/h5-20,22,40,45,53H,4H2,1-3H3,(H,46,48,49)/b31-22+. The van der Waals surface area contributed by atoms with Gasteiger partial charge in [-0.3, -0.25) is 15.0 Å². The number of anilines is 2. The third-order valence-electron chi connectivity index (χ3n) is 8.88. The minimum atomic E-state index is -1.72. The fourth-order valence-electron chi connectivity index (χ4n) is 6.40. The molecule has 56 heavy (non-hydrogen) atoms. The zero-order valence-electron chi connectivity index (χ0n) is 30.2. The molecule has 7 rings (SSSR count). The first-order chi connectivity index (χ1) is 27.1. The number of Topliss-reactive ketones (excluding diaryl/α,β-unsaturated/α-hetero) is 1. The van der Waals surface area contributed by atoms with Crippen molar-refractivity contribution >= 4 is 35.1 Å². The Hall–Kier alpha value is -7.14. The summed E-state index contributed by atoms with van der Waals surface area (Å²) in [4.78, 5) is 47.1. The Bertz CT molecular complexity index is 2640. The van der Waals surface area contributed by atoms with Gasteiger partial charge in [0.25, 0.3) is 11.5 Å². The minimum absolute atomic E-state index is 0.0667. The summed E-state index contributed by atoms with van der Waals surface area (Å²) in [5, 5.41) is 33.6. The van der Waals surface area contributed by atoms with E-state index in [9.17, 15) is 24.8 Å². The number of rotatable bonds is 9. The van der Waals surface area contributed by atoms with Crippen LogP contribution in [0, 0.1) is 25.2 Å². The first-order valence-electron chi connectivity index (χ1n) is 17.4. The number of hydrogen-bond donors (Lipinski definition) is 3. The van der Waals surface area contributed by atoms with E-state index in [1.807, 2.05) is 79.7 Å². The molecule has 2 aromatic heterocycles. The summed E-state index contributed by atoms with van der Waals surface area (Å²) < 4.78 is 12.1. The second kappa shape index (κ2) is 15.7. The fourth-order valence-corrected chi connectivity index (χ4v) is 6.52. The Morgan fingerprint density at radius 3 is 2.27 bits per heavy atom. The third kappa shape index (κ3) is 7.09. The van der Waals surface area contributed by atoms with Crippen molar-refractivity contribution in [2.24, 2.45) is 0 Å². The smallest absolute Gasteiger partial charge is 0.342 e. The number of benzene rings is 4. The number of aromatic nitrogens is 4. The highest BCUT2D eigenvalue weighted by molar-refractivity contribution is 6.30. The van der Waals surface area contributed by atoms with Crippen molar-refractivity contribution in [3.05, 3.63) is 152 Å². The van der Waals surface area contributed by atoms with E-state index in [0.717, 1.165) is 22.0 Å². The number of halogens is 1. The van der Waals surface area contributed by atoms with E-state index in [1.165, 1.54) is 0 Å². The van der Waals surface area contributed by atoms with Gasteiger partial charge < -0.3 is 19.9 Å². The summed E-state index contributed by atoms with van der Waals surface area (Å²) >= 11 is 6.19. The van der Waals surface area contributed by atoms with Gasteiger partial charge in [-0.25, -0.2) is 9.78 Å². The Labute approximate surface area is 325 Å². The van der Waals surface area contributed by atoms with Gasteiger partial charge in [0.15, 0.2) is 5.78 Å². The summed E-state index contributed by atoms with van der Waals surface area (Å²) in [6.45, 7) is 5.12. The number of hydrogen-bond acceptors (Lipinski definition) is 12. The summed E-state index contributed by atoms with van der Waals surface area (Å²) in [7, 11) is 0. The van der Waals surface area contributed by atoms with Gasteiger partial charge in [-0.05, 0) is 55.7 Å². The van der Waals surface area contributed by atoms with Crippen LogP contribution in [0.25, 0.3) is 33.6 Å². The third-order valence-corrected chi connectivity index (χ3v) is 9.13. The first-order valence-corrected chi connectivity index (χ1v) is 17.7. The number of esters is 1. The minimum Gasteiger partial charge on any atom is -0.462 e. The van der Waals surface area contributed by atoms with Crippen molar-refractivity contribution in [2.45, 2.75) is 27.1 Å². The molecule has 0 fully saturated rings. The van der Waals surface area contributed by atoms with Crippen LogP contribution in [0.1, 0.15) is 44.3 Å². The number of nitriles is 1. The van der Waals surface area contributed by atoms with E-state index < -0.39 is 29.2 Å². The van der Waals surface area contributed by atoms with Crippen LogP contribution in [0.3, 0.4) is 0 Å². The fraction of sp³-hybridized carbons (Fsp3) is 0.119. The molecule has 3 N–H and O–H groups in total. The van der Waals surface area contributed by atoms with Crippen LogP contribution >= 0.6 is 11.6 Å². The van der Waals surface area contributed by atoms with Gasteiger partial charge >= 0.3 is 5.97 Å². The molecule has 0 radical (unpaired) electrons. The van der Waals surface area contributed by atoms with Crippen molar-refractivity contribution in [2.75, 3.05) is 17.3 Å². The molecule has 0 spiro atoms. The predicted molar refractivity (Wildman–Crippen MR) is 210 cm³/mol. The SMILES string of the molecule is CCOC(=O)c1c(-c2ccc(Cl)cc2)c(C#N)c(=O)n(Nc2nnc(-c3ccccc3)c(-c3ccccc3)n2)c1N/C=C1\C(=O)c2cc(C)cc(C)c2OC1O. The number of fused-ring (bicyclic) bond motifs is 1. The number of aryl methyl sites for hydroxylation is 2. The predicted octanol–water partition coefficient (Wildman–Crippen LogP) is 7.12. The maximum Gasteiger partial charge on any atom is 0.342 e. The molecule has 1 aliphatic heterocycles. The zero-order valence-corrected chi connectivity index (χ0v) is 31.0. The number of aliphatic hydroxyl groups is 1. The Morgan fingerprint density at radius 1 is 0.964 bits per heavy atom. The van der Waals surface area contributed by atoms with Crippen LogP contribution in [0.15, 0.2) is 114 Å². The highest BCUT2D eigenvalue weighted by atomic mass is 35.5. The topological polar surface area (TPSA) is 181 Å². The van der Waals surface area contributed by atoms with Crippen LogP contribution in [0.5, 0.6) is 5.75 Å². The number of ether oxygens (including phenoxy) is 2. The van der Waals surface area contributed by atoms with Crippen molar-refractivity contribution < 1.29 is 24.2 Å². The second-order valence-corrected chi connectivity index (χ2v) is 13.1. The number of ketones is 1. The number of carbonyl (C=O) groups is 2. The molecule has 1 atom stereocenters. The highest BCUT2D eigenvalue weighted by Crippen LogP contribution is 2.36. The van der Waals surface area contributed by atoms with E-state index in [-0.39, 0.29) is 46.4 Å². The Morgan fingerprint density at radius 2 is 1.62 bits per heavy atom. The largest absolute Gasteiger partial charge is 0.462 e. The van der Waals surface area contributed by atoms with Gasteiger partial charge in [0.2, 0.25) is 6.29 Å². The lowest BCUT2D eigenvalue weighted by molar-refractivity contribution is 0.00728. The van der Waals surface area contributed by atoms with Crippen molar-refractivity contribution in [1.82, 2.24) is 19.9 Å². The van der Waals surface area contributed by atoms with E-state index in [1.54, 1.807) is 44.2 Å². The van der Waals surface area contributed by atoms with Crippen LogP contribution in [0.2, 0.25) is 5.02 Å². The molecule has 4 aromatic carbocycles. The number of carbonyl (C=O) groups excluding carboxylic acids is 2. The average molecular weight is 766 g/mol. The van der Waals surface area contributed by atoms with Crippen LogP contribution in [-0.2, 0) is 4.74 Å². The average Bonchev–Trinajstić information content (AvgIpc) is 3.20. The molecular weight excluding hydrogens is 734 g/mol. The van der Waals surface area contributed by atoms with Crippen LogP contribution < -0.4 is 21.0 Å². The van der Waals surface area contributed by atoms with E-state index in [2.05, 4.69) is 20.9 Å². The highest BCUT2D eigenvalue weighted by Gasteiger charge is 2.34. The molecule has 0 saturated carbocycles. The molecule has 0 amide bonds. The van der Waals surface area contributed by atoms with Gasteiger partial charge in [-0.15, -0.1) is 10.2 Å². The summed E-state index contributed by atoms with van der Waals surface area (Å²) in [6, 6.07) is 30.1. The molecular formula is C42H32ClN7O6. The number of pyridine rings is 1. The summed E-state index contributed by atoms with van der Waals surface area (Å²) in [6.07, 6.45) is -0.586. The van der Waals surface area contributed by atoms with E-state index in [4.69, 9.17) is 26.1 Å². The Balaban J connectivity index is 1.46. The molecule has 14 heteroatoms. The second-order valence-electron chi connectivity index (χ2n) is 12.6. The lowest BCUT2D eigenvalue weighted by Crippen LogP contribution is -2.35. The first kappa shape index (κ1) is 37.2. The molecule has 0 aliphatic carbocycles. The maximum atomic E-state index is 14.5. The molecule has 278 valence electrons. The molecule has 0 saturated heterocycles. The summed E-state index contributed by atoms with van der Waals surface area (Å²) in [5.41, 5.74) is 5.18. The van der Waals surface area contributed by atoms with Gasteiger partial charge in [0.05, 0.1) is 17.7 Å². The van der Waals surface area contributed by atoms with Crippen molar-refractivity contribution in [3.63, 3.8) is 0 Å². The molecule has 13 nitrogen and oxygen atoms in total. The molecule has 6 aromatic rings. The van der Waals surface area contributed by atoms with E-state index >= 15 is 0 Å². The van der Waals surface area contributed by atoms with Gasteiger partial charge in [-0.1, -0.05) is 90.5 Å². The van der Waals surface area contributed by atoms with Gasteiger partial charge in [0.1, 0.15) is 40.2 Å². The number of nitrogens with zero attached hydrogens (tertiary/aromatic N) is 5. The van der Waals surface area contributed by atoms with Crippen molar-refractivity contribution in [3.8, 4) is 45.5 Å². The molecule has 1 aliphatic rings. The van der Waals surface area contributed by atoms with Crippen LogP contribution in [0.4, 0.5) is 11.8 Å². The normalized spacial score (nSPS) is 14.0.